The standard InChI is InChI=1S/C26H27N5O4/c1-4-22(32)30-14-15-31(26(2,3)17-30)25-28-16-21(23(27)33)24(29-25)35-20-12-10-19(11-13-20)34-18-8-6-5-7-9-18/h4-13,16H,1,14-15,17H2,2-3H3,(H2,27,33). The number of aromatic nitrogens is 2. The summed E-state index contributed by atoms with van der Waals surface area (Å²) in [6.45, 7) is 9.02. The molecule has 0 unspecified atom stereocenters. The van der Waals surface area contributed by atoms with Gasteiger partial charge in [-0.3, -0.25) is 9.59 Å². The summed E-state index contributed by atoms with van der Waals surface area (Å²) in [6, 6.07) is 16.4. The number of piperazine rings is 1. The van der Waals surface area contributed by atoms with Crippen LogP contribution in [0, 0.1) is 0 Å². The van der Waals surface area contributed by atoms with E-state index in [1.165, 1.54) is 12.3 Å². The molecule has 2 N–H and O–H groups in total. The van der Waals surface area contributed by atoms with Crippen LogP contribution in [-0.2, 0) is 4.79 Å². The minimum atomic E-state index is -0.698. The highest BCUT2D eigenvalue weighted by Crippen LogP contribution is 2.31. The molecule has 35 heavy (non-hydrogen) atoms. The van der Waals surface area contributed by atoms with E-state index in [2.05, 4.69) is 16.5 Å². The highest BCUT2D eigenvalue weighted by atomic mass is 16.5. The summed E-state index contributed by atoms with van der Waals surface area (Å²) >= 11 is 0. The van der Waals surface area contributed by atoms with Gasteiger partial charge in [0.15, 0.2) is 0 Å². The monoisotopic (exact) mass is 473 g/mol. The summed E-state index contributed by atoms with van der Waals surface area (Å²) in [7, 11) is 0. The fraction of sp³-hybridized carbons (Fsp3) is 0.231. The maximum Gasteiger partial charge on any atom is 0.255 e. The van der Waals surface area contributed by atoms with Crippen molar-refractivity contribution in [3.8, 4) is 23.1 Å². The lowest BCUT2D eigenvalue weighted by Crippen LogP contribution is -2.61. The molecule has 0 radical (unpaired) electrons. The summed E-state index contributed by atoms with van der Waals surface area (Å²) < 4.78 is 11.7. The first-order valence-corrected chi connectivity index (χ1v) is 11.1. The zero-order valence-electron chi connectivity index (χ0n) is 19.7. The van der Waals surface area contributed by atoms with Gasteiger partial charge in [-0.05, 0) is 56.3 Å². The van der Waals surface area contributed by atoms with Crippen molar-refractivity contribution in [1.82, 2.24) is 14.9 Å². The van der Waals surface area contributed by atoms with E-state index in [1.54, 1.807) is 29.2 Å². The molecule has 2 amide bonds. The molecule has 9 nitrogen and oxygen atoms in total. The highest BCUT2D eigenvalue weighted by molar-refractivity contribution is 5.95. The van der Waals surface area contributed by atoms with Gasteiger partial charge in [0, 0.05) is 25.8 Å². The van der Waals surface area contributed by atoms with Crippen molar-refractivity contribution in [2.24, 2.45) is 5.73 Å². The second kappa shape index (κ2) is 9.84. The van der Waals surface area contributed by atoms with Crippen molar-refractivity contribution in [3.05, 3.63) is 79.0 Å². The van der Waals surface area contributed by atoms with E-state index in [1.807, 2.05) is 49.1 Å². The summed E-state index contributed by atoms with van der Waals surface area (Å²) in [6.07, 6.45) is 2.68. The lowest BCUT2D eigenvalue weighted by atomic mass is 9.99. The van der Waals surface area contributed by atoms with Crippen LogP contribution in [0.25, 0.3) is 0 Å². The SMILES string of the molecule is C=CC(=O)N1CCN(c2ncc(C(N)=O)c(Oc3ccc(Oc4ccccc4)cc3)n2)C(C)(C)C1. The molecular weight excluding hydrogens is 446 g/mol. The predicted octanol–water partition coefficient (Wildman–Crippen LogP) is 3.77. The van der Waals surface area contributed by atoms with E-state index in [-0.39, 0.29) is 17.4 Å². The Labute approximate surface area is 203 Å². The van der Waals surface area contributed by atoms with Gasteiger partial charge in [-0.15, -0.1) is 0 Å². The molecule has 9 heteroatoms. The Morgan fingerprint density at radius 1 is 1.00 bits per heavy atom. The van der Waals surface area contributed by atoms with E-state index in [0.29, 0.717) is 37.1 Å². The topological polar surface area (TPSA) is 111 Å². The van der Waals surface area contributed by atoms with Crippen LogP contribution in [0.5, 0.6) is 23.1 Å². The number of para-hydroxylation sites is 1. The number of primary amides is 1. The minimum absolute atomic E-state index is 0.0552. The van der Waals surface area contributed by atoms with Gasteiger partial charge in [-0.2, -0.15) is 4.98 Å². The average Bonchev–Trinajstić information content (AvgIpc) is 2.84. The van der Waals surface area contributed by atoms with Crippen molar-refractivity contribution >= 4 is 17.8 Å². The van der Waals surface area contributed by atoms with E-state index in [4.69, 9.17) is 15.2 Å². The van der Waals surface area contributed by atoms with Crippen LogP contribution >= 0.6 is 0 Å². The molecule has 1 aliphatic heterocycles. The number of hydrogen-bond donors (Lipinski definition) is 1. The lowest BCUT2D eigenvalue weighted by Gasteiger charge is -2.46. The first kappa shape index (κ1) is 23.7. The van der Waals surface area contributed by atoms with Crippen molar-refractivity contribution in [3.63, 3.8) is 0 Å². The molecule has 1 saturated heterocycles. The maximum atomic E-state index is 12.1. The smallest absolute Gasteiger partial charge is 0.255 e. The molecule has 180 valence electrons. The van der Waals surface area contributed by atoms with Crippen LogP contribution < -0.4 is 20.1 Å². The van der Waals surface area contributed by atoms with Crippen LogP contribution in [0.1, 0.15) is 24.2 Å². The number of ether oxygens (including phenoxy) is 2. The van der Waals surface area contributed by atoms with E-state index < -0.39 is 11.4 Å². The van der Waals surface area contributed by atoms with Gasteiger partial charge < -0.3 is 25.0 Å². The number of hydrogen-bond acceptors (Lipinski definition) is 7. The zero-order valence-corrected chi connectivity index (χ0v) is 19.7. The molecule has 0 spiro atoms. The Kier molecular flexibility index (Phi) is 6.68. The Morgan fingerprint density at radius 2 is 1.63 bits per heavy atom. The molecule has 2 heterocycles. The summed E-state index contributed by atoms with van der Waals surface area (Å²) in [5.41, 5.74) is 5.15. The van der Waals surface area contributed by atoms with Gasteiger partial charge >= 0.3 is 0 Å². The van der Waals surface area contributed by atoms with E-state index >= 15 is 0 Å². The molecule has 1 aromatic heterocycles. The van der Waals surface area contributed by atoms with Crippen LogP contribution in [-0.4, -0.2) is 51.9 Å². The molecule has 2 aromatic carbocycles. The van der Waals surface area contributed by atoms with Gasteiger partial charge in [0.1, 0.15) is 22.8 Å². The number of carbonyl (C=O) groups excluding carboxylic acids is 2. The molecule has 1 aliphatic rings. The van der Waals surface area contributed by atoms with Crippen LogP contribution in [0.2, 0.25) is 0 Å². The predicted molar refractivity (Wildman–Crippen MR) is 132 cm³/mol. The summed E-state index contributed by atoms with van der Waals surface area (Å²) in [5.74, 6) is 1.43. The van der Waals surface area contributed by atoms with Crippen molar-refractivity contribution in [2.45, 2.75) is 19.4 Å². The Bertz CT molecular complexity index is 1230. The number of amides is 2. The normalized spacial score (nSPS) is 14.8. The van der Waals surface area contributed by atoms with Crippen LogP contribution in [0.4, 0.5) is 5.95 Å². The van der Waals surface area contributed by atoms with Gasteiger partial charge in [0.25, 0.3) is 5.91 Å². The number of benzene rings is 2. The second-order valence-electron chi connectivity index (χ2n) is 8.67. The number of nitrogens with two attached hydrogens (primary N) is 1. The third-order valence-electron chi connectivity index (χ3n) is 5.65. The van der Waals surface area contributed by atoms with Crippen LogP contribution in [0.3, 0.4) is 0 Å². The van der Waals surface area contributed by atoms with Gasteiger partial charge in [-0.1, -0.05) is 24.8 Å². The third-order valence-corrected chi connectivity index (χ3v) is 5.65. The number of rotatable bonds is 7. The largest absolute Gasteiger partial charge is 0.457 e. The number of nitrogens with zero attached hydrogens (tertiary/aromatic N) is 4. The van der Waals surface area contributed by atoms with E-state index in [0.717, 1.165) is 5.75 Å². The summed E-state index contributed by atoms with van der Waals surface area (Å²) in [5, 5.41) is 0. The van der Waals surface area contributed by atoms with Crippen molar-refractivity contribution in [2.75, 3.05) is 24.5 Å². The molecule has 0 saturated carbocycles. The van der Waals surface area contributed by atoms with Gasteiger partial charge in [-0.25, -0.2) is 4.98 Å². The van der Waals surface area contributed by atoms with Crippen LogP contribution in [0.15, 0.2) is 73.4 Å². The minimum Gasteiger partial charge on any atom is -0.457 e. The third kappa shape index (κ3) is 5.40. The van der Waals surface area contributed by atoms with Gasteiger partial charge in [0.2, 0.25) is 17.7 Å². The Hall–Kier alpha value is -4.40. The molecule has 0 atom stereocenters. The molecule has 3 aromatic rings. The average molecular weight is 474 g/mol. The summed E-state index contributed by atoms with van der Waals surface area (Å²) in [4.78, 5) is 36.7. The molecule has 1 fully saturated rings. The first-order valence-electron chi connectivity index (χ1n) is 11.1. The number of anilines is 1. The van der Waals surface area contributed by atoms with Crippen molar-refractivity contribution in [1.29, 1.82) is 0 Å². The van der Waals surface area contributed by atoms with Gasteiger partial charge in [0.05, 0.1) is 5.54 Å². The molecule has 0 aliphatic carbocycles. The molecular formula is C26H27N5O4. The highest BCUT2D eigenvalue weighted by Gasteiger charge is 2.37. The molecule has 0 bridgehead atoms. The fourth-order valence-corrected chi connectivity index (χ4v) is 3.89. The lowest BCUT2D eigenvalue weighted by molar-refractivity contribution is -0.127. The maximum absolute atomic E-state index is 12.1. The van der Waals surface area contributed by atoms with E-state index in [9.17, 15) is 9.59 Å². The Balaban J connectivity index is 1.55. The van der Waals surface area contributed by atoms with Crippen molar-refractivity contribution < 1.29 is 19.1 Å². The second-order valence-corrected chi connectivity index (χ2v) is 8.67. The fourth-order valence-electron chi connectivity index (χ4n) is 3.89. The first-order chi connectivity index (χ1) is 16.8. The quantitative estimate of drug-likeness (QED) is 0.520. The molecule has 4 rings (SSSR count). The zero-order chi connectivity index (χ0) is 25.0. The Morgan fingerprint density at radius 3 is 2.23 bits per heavy atom. The number of carbonyl (C=O) groups is 2.